The Kier molecular flexibility index (Phi) is 3.87. The second kappa shape index (κ2) is 5.79. The van der Waals surface area contributed by atoms with Crippen LogP contribution in [0.2, 0.25) is 0 Å². The summed E-state index contributed by atoms with van der Waals surface area (Å²) in [6.45, 7) is 2.09. The molecular weight excluding hydrogens is 268 g/mol. The van der Waals surface area contributed by atoms with Crippen molar-refractivity contribution in [3.63, 3.8) is 0 Å². The molecule has 1 atom stereocenters. The molecule has 1 aromatic carbocycles. The number of fused-ring (bicyclic) bond motifs is 1. The van der Waals surface area contributed by atoms with Crippen molar-refractivity contribution in [3.05, 3.63) is 58.9 Å². The molecule has 0 spiro atoms. The molecule has 0 bridgehead atoms. The molecule has 3 rings (SSSR count). The highest BCUT2D eigenvalue weighted by molar-refractivity contribution is 7.17. The van der Waals surface area contributed by atoms with E-state index in [-0.39, 0.29) is 6.04 Å². The van der Waals surface area contributed by atoms with Crippen LogP contribution in [0.3, 0.4) is 0 Å². The van der Waals surface area contributed by atoms with Crippen LogP contribution >= 0.6 is 11.3 Å². The second-order valence-corrected chi connectivity index (χ2v) is 5.74. The number of nitrogens with one attached hydrogen (secondary N) is 1. The van der Waals surface area contributed by atoms with Crippen molar-refractivity contribution in [2.75, 3.05) is 0 Å². The van der Waals surface area contributed by atoms with Crippen molar-refractivity contribution in [1.29, 1.82) is 0 Å². The molecule has 1 unspecified atom stereocenters. The Morgan fingerprint density at radius 1 is 1.30 bits per heavy atom. The SMILES string of the molecule is CCc1occc1C(Cc1csc2ccccc12)NN. The van der Waals surface area contributed by atoms with Crippen LogP contribution in [0.15, 0.2) is 46.4 Å². The third kappa shape index (κ3) is 2.38. The van der Waals surface area contributed by atoms with E-state index in [2.05, 4.69) is 42.0 Å². The van der Waals surface area contributed by atoms with Crippen LogP contribution in [0.5, 0.6) is 0 Å². The van der Waals surface area contributed by atoms with Gasteiger partial charge in [-0.05, 0) is 34.9 Å². The van der Waals surface area contributed by atoms with Crippen molar-refractivity contribution in [1.82, 2.24) is 5.43 Å². The van der Waals surface area contributed by atoms with Gasteiger partial charge in [-0.2, -0.15) is 0 Å². The summed E-state index contributed by atoms with van der Waals surface area (Å²) in [5, 5.41) is 3.54. The smallest absolute Gasteiger partial charge is 0.108 e. The highest BCUT2D eigenvalue weighted by Crippen LogP contribution is 2.30. The maximum Gasteiger partial charge on any atom is 0.108 e. The molecule has 0 saturated heterocycles. The lowest BCUT2D eigenvalue weighted by molar-refractivity contribution is 0.488. The molecule has 0 aliphatic carbocycles. The fourth-order valence-electron chi connectivity index (χ4n) is 2.62. The molecule has 0 aliphatic heterocycles. The van der Waals surface area contributed by atoms with Gasteiger partial charge in [-0.3, -0.25) is 11.3 Å². The Balaban J connectivity index is 1.92. The summed E-state index contributed by atoms with van der Waals surface area (Å²) >= 11 is 1.78. The monoisotopic (exact) mass is 286 g/mol. The van der Waals surface area contributed by atoms with E-state index < -0.39 is 0 Å². The Hall–Kier alpha value is -1.62. The average molecular weight is 286 g/mol. The Labute approximate surface area is 122 Å². The standard InChI is InChI=1S/C16H18N2OS/c1-2-15-13(7-8-19-15)14(18-17)9-11-10-20-16-6-4-3-5-12(11)16/h3-8,10,14,18H,2,9,17H2,1H3. The fraction of sp³-hybridized carbons (Fsp3) is 0.250. The molecule has 4 heteroatoms. The minimum absolute atomic E-state index is 0.0849. The zero-order valence-electron chi connectivity index (χ0n) is 11.4. The molecule has 2 aromatic heterocycles. The van der Waals surface area contributed by atoms with E-state index in [1.54, 1.807) is 17.6 Å². The van der Waals surface area contributed by atoms with E-state index in [1.165, 1.54) is 15.6 Å². The molecular formula is C16H18N2OS. The van der Waals surface area contributed by atoms with Gasteiger partial charge in [0.15, 0.2) is 0 Å². The van der Waals surface area contributed by atoms with Gasteiger partial charge in [-0.1, -0.05) is 25.1 Å². The number of thiophene rings is 1. The van der Waals surface area contributed by atoms with Crippen LogP contribution in [-0.4, -0.2) is 0 Å². The number of hydrazine groups is 1. The van der Waals surface area contributed by atoms with Gasteiger partial charge >= 0.3 is 0 Å². The topological polar surface area (TPSA) is 51.2 Å². The van der Waals surface area contributed by atoms with Crippen LogP contribution in [-0.2, 0) is 12.8 Å². The number of rotatable bonds is 5. The van der Waals surface area contributed by atoms with Gasteiger partial charge in [0.25, 0.3) is 0 Å². The number of hydrogen-bond acceptors (Lipinski definition) is 4. The number of nitrogens with two attached hydrogens (primary N) is 1. The van der Waals surface area contributed by atoms with Crippen molar-refractivity contribution in [2.45, 2.75) is 25.8 Å². The second-order valence-electron chi connectivity index (χ2n) is 4.83. The maximum atomic E-state index is 5.76. The first-order valence-corrected chi connectivity index (χ1v) is 7.69. The van der Waals surface area contributed by atoms with Crippen molar-refractivity contribution < 1.29 is 4.42 Å². The van der Waals surface area contributed by atoms with Crippen LogP contribution < -0.4 is 11.3 Å². The molecule has 104 valence electrons. The van der Waals surface area contributed by atoms with Gasteiger partial charge in [0, 0.05) is 16.7 Å². The molecule has 0 aliphatic rings. The maximum absolute atomic E-state index is 5.76. The Morgan fingerprint density at radius 3 is 2.95 bits per heavy atom. The molecule has 3 N–H and O–H groups in total. The Morgan fingerprint density at radius 2 is 2.15 bits per heavy atom. The first-order valence-electron chi connectivity index (χ1n) is 6.81. The minimum atomic E-state index is 0.0849. The van der Waals surface area contributed by atoms with Gasteiger partial charge in [0.1, 0.15) is 5.76 Å². The highest BCUT2D eigenvalue weighted by Gasteiger charge is 2.18. The van der Waals surface area contributed by atoms with E-state index in [0.29, 0.717) is 0 Å². The zero-order chi connectivity index (χ0) is 13.9. The molecule has 20 heavy (non-hydrogen) atoms. The molecule has 3 aromatic rings. The van der Waals surface area contributed by atoms with Gasteiger partial charge in [-0.15, -0.1) is 11.3 Å². The third-order valence-corrected chi connectivity index (χ3v) is 4.68. The lowest BCUT2D eigenvalue weighted by Crippen LogP contribution is -2.29. The van der Waals surface area contributed by atoms with E-state index >= 15 is 0 Å². The first-order chi connectivity index (χ1) is 9.83. The zero-order valence-corrected chi connectivity index (χ0v) is 12.2. The van der Waals surface area contributed by atoms with E-state index in [1.807, 2.05) is 6.07 Å². The normalized spacial score (nSPS) is 12.9. The number of hydrogen-bond donors (Lipinski definition) is 2. The summed E-state index contributed by atoms with van der Waals surface area (Å²) in [5.41, 5.74) is 5.41. The lowest BCUT2D eigenvalue weighted by atomic mass is 9.98. The van der Waals surface area contributed by atoms with Gasteiger partial charge in [0.2, 0.25) is 0 Å². The highest BCUT2D eigenvalue weighted by atomic mass is 32.1. The van der Waals surface area contributed by atoms with Crippen molar-refractivity contribution in [3.8, 4) is 0 Å². The van der Waals surface area contributed by atoms with E-state index in [9.17, 15) is 0 Å². The fourth-order valence-corrected chi connectivity index (χ4v) is 3.59. The summed E-state index contributed by atoms with van der Waals surface area (Å²) in [6.07, 6.45) is 3.49. The van der Waals surface area contributed by atoms with Crippen LogP contribution in [0.1, 0.15) is 29.9 Å². The van der Waals surface area contributed by atoms with Crippen LogP contribution in [0, 0.1) is 0 Å². The predicted molar refractivity (Wildman–Crippen MR) is 83.7 cm³/mol. The molecule has 0 amide bonds. The number of furan rings is 1. The van der Waals surface area contributed by atoms with Gasteiger partial charge < -0.3 is 4.42 Å². The van der Waals surface area contributed by atoms with E-state index in [4.69, 9.17) is 10.3 Å². The average Bonchev–Trinajstić information content (AvgIpc) is 3.11. The Bertz CT molecular complexity index is 701. The molecule has 0 fully saturated rings. The third-order valence-electron chi connectivity index (χ3n) is 3.66. The quantitative estimate of drug-likeness (QED) is 0.554. The molecule has 3 nitrogen and oxygen atoms in total. The van der Waals surface area contributed by atoms with Gasteiger partial charge in [0.05, 0.1) is 12.3 Å². The summed E-state index contributed by atoms with van der Waals surface area (Å²) in [5.74, 6) is 6.77. The predicted octanol–water partition coefficient (Wildman–Crippen LogP) is 3.80. The minimum Gasteiger partial charge on any atom is -0.469 e. The first kappa shape index (κ1) is 13.4. The summed E-state index contributed by atoms with van der Waals surface area (Å²) < 4.78 is 6.83. The molecule has 0 radical (unpaired) electrons. The summed E-state index contributed by atoms with van der Waals surface area (Å²) in [4.78, 5) is 0. The number of aryl methyl sites for hydroxylation is 1. The van der Waals surface area contributed by atoms with Gasteiger partial charge in [-0.25, -0.2) is 0 Å². The summed E-state index contributed by atoms with van der Waals surface area (Å²) in [7, 11) is 0. The van der Waals surface area contributed by atoms with E-state index in [0.717, 1.165) is 24.2 Å². The number of benzene rings is 1. The largest absolute Gasteiger partial charge is 0.469 e. The van der Waals surface area contributed by atoms with Crippen molar-refractivity contribution >= 4 is 21.4 Å². The summed E-state index contributed by atoms with van der Waals surface area (Å²) in [6, 6.07) is 10.6. The van der Waals surface area contributed by atoms with Crippen LogP contribution in [0.4, 0.5) is 0 Å². The van der Waals surface area contributed by atoms with Crippen molar-refractivity contribution in [2.24, 2.45) is 5.84 Å². The lowest BCUT2D eigenvalue weighted by Gasteiger charge is -2.15. The van der Waals surface area contributed by atoms with Crippen LogP contribution in [0.25, 0.3) is 10.1 Å². The molecule has 2 heterocycles. The molecule has 0 saturated carbocycles.